The second-order valence-electron chi connectivity index (χ2n) is 8.39. The van der Waals surface area contributed by atoms with Crippen molar-refractivity contribution in [1.82, 2.24) is 19.2 Å². The van der Waals surface area contributed by atoms with Crippen LogP contribution in [0.1, 0.15) is 11.3 Å². The molecule has 0 N–H and O–H groups in total. The Kier molecular flexibility index (Phi) is 6.72. The van der Waals surface area contributed by atoms with Crippen molar-refractivity contribution in [3.8, 4) is 11.5 Å². The van der Waals surface area contributed by atoms with Gasteiger partial charge < -0.3 is 18.8 Å². The molecule has 0 radical (unpaired) electrons. The molecular formula is C27H28N4O3. The Hall–Kier alpha value is -3.84. The molecule has 174 valence electrons. The van der Waals surface area contributed by atoms with Crippen LogP contribution in [0.15, 0.2) is 85.2 Å². The van der Waals surface area contributed by atoms with Crippen molar-refractivity contribution in [2.75, 3.05) is 32.8 Å². The van der Waals surface area contributed by atoms with E-state index in [1.54, 1.807) is 0 Å². The molecule has 0 bridgehead atoms. The first-order valence-electron chi connectivity index (χ1n) is 11.6. The number of benzene rings is 2. The van der Waals surface area contributed by atoms with E-state index in [-0.39, 0.29) is 12.5 Å². The number of imidazole rings is 1. The number of hydrogen-bond donors (Lipinski definition) is 0. The third kappa shape index (κ3) is 5.55. The molecule has 1 saturated heterocycles. The van der Waals surface area contributed by atoms with E-state index in [0.717, 1.165) is 42.3 Å². The minimum atomic E-state index is 0.0109. The highest BCUT2D eigenvalue weighted by Crippen LogP contribution is 2.19. The SMILES string of the molecule is O=C(COc1ccc(OCc2ccccc2)cc1)N1CCN(Cc2cn3ccccc3n2)CC1. The number of carbonyl (C=O) groups is 1. The topological polar surface area (TPSA) is 59.3 Å². The van der Waals surface area contributed by atoms with Gasteiger partial charge in [0.2, 0.25) is 0 Å². The van der Waals surface area contributed by atoms with Crippen molar-refractivity contribution in [3.05, 3.63) is 96.4 Å². The van der Waals surface area contributed by atoms with E-state index < -0.39 is 0 Å². The molecule has 0 atom stereocenters. The number of nitrogens with zero attached hydrogens (tertiary/aromatic N) is 4. The summed E-state index contributed by atoms with van der Waals surface area (Å²) >= 11 is 0. The lowest BCUT2D eigenvalue weighted by Crippen LogP contribution is -2.49. The third-order valence-corrected chi connectivity index (χ3v) is 5.96. The van der Waals surface area contributed by atoms with Gasteiger partial charge in [0.25, 0.3) is 5.91 Å². The molecule has 34 heavy (non-hydrogen) atoms. The molecule has 1 aliphatic heterocycles. The maximum atomic E-state index is 12.6. The number of ether oxygens (including phenoxy) is 2. The molecule has 5 rings (SSSR count). The average molecular weight is 457 g/mol. The summed E-state index contributed by atoms with van der Waals surface area (Å²) in [5, 5.41) is 0. The highest BCUT2D eigenvalue weighted by atomic mass is 16.5. The molecule has 1 fully saturated rings. The van der Waals surface area contributed by atoms with Gasteiger partial charge in [0.05, 0.1) is 5.69 Å². The Labute approximate surface area is 199 Å². The number of fused-ring (bicyclic) bond motifs is 1. The summed E-state index contributed by atoms with van der Waals surface area (Å²) in [7, 11) is 0. The van der Waals surface area contributed by atoms with Crippen LogP contribution in [0.25, 0.3) is 5.65 Å². The summed E-state index contributed by atoms with van der Waals surface area (Å²) in [5.41, 5.74) is 3.12. The molecule has 7 nitrogen and oxygen atoms in total. The number of piperazine rings is 1. The van der Waals surface area contributed by atoms with E-state index in [1.165, 1.54) is 0 Å². The van der Waals surface area contributed by atoms with Gasteiger partial charge in [-0.3, -0.25) is 9.69 Å². The second kappa shape index (κ2) is 10.4. The van der Waals surface area contributed by atoms with Gasteiger partial charge in [-0.25, -0.2) is 4.98 Å². The van der Waals surface area contributed by atoms with Crippen molar-refractivity contribution in [1.29, 1.82) is 0 Å². The number of rotatable bonds is 8. The third-order valence-electron chi connectivity index (χ3n) is 5.96. The van der Waals surface area contributed by atoms with Gasteiger partial charge in [0.15, 0.2) is 6.61 Å². The molecule has 7 heteroatoms. The highest BCUT2D eigenvalue weighted by molar-refractivity contribution is 5.77. The Bertz CT molecular complexity index is 1180. The first-order chi connectivity index (χ1) is 16.7. The number of aromatic nitrogens is 2. The molecule has 0 saturated carbocycles. The van der Waals surface area contributed by atoms with Gasteiger partial charge in [0.1, 0.15) is 23.8 Å². The summed E-state index contributed by atoms with van der Waals surface area (Å²) < 4.78 is 13.6. The second-order valence-corrected chi connectivity index (χ2v) is 8.39. The lowest BCUT2D eigenvalue weighted by molar-refractivity contribution is -0.135. The van der Waals surface area contributed by atoms with Crippen molar-refractivity contribution < 1.29 is 14.3 Å². The average Bonchev–Trinajstić information content (AvgIpc) is 3.30. The summed E-state index contributed by atoms with van der Waals surface area (Å²) in [4.78, 5) is 21.5. The molecule has 1 aliphatic rings. The molecule has 1 amide bonds. The summed E-state index contributed by atoms with van der Waals surface area (Å²) in [6.45, 7) is 4.39. The summed E-state index contributed by atoms with van der Waals surface area (Å²) in [5.74, 6) is 1.44. The summed E-state index contributed by atoms with van der Waals surface area (Å²) in [6.07, 6.45) is 4.08. The van der Waals surface area contributed by atoms with Gasteiger partial charge in [0, 0.05) is 45.1 Å². The maximum Gasteiger partial charge on any atom is 0.260 e. The van der Waals surface area contributed by atoms with Gasteiger partial charge in [-0.2, -0.15) is 0 Å². The van der Waals surface area contributed by atoms with Crippen molar-refractivity contribution in [2.24, 2.45) is 0 Å². The maximum absolute atomic E-state index is 12.6. The lowest BCUT2D eigenvalue weighted by atomic mass is 10.2. The van der Waals surface area contributed by atoms with Gasteiger partial charge in [-0.05, 0) is 42.0 Å². The number of carbonyl (C=O) groups excluding carboxylic acids is 1. The number of hydrogen-bond acceptors (Lipinski definition) is 5. The molecule has 2 aromatic heterocycles. The van der Waals surface area contributed by atoms with E-state index >= 15 is 0 Å². The lowest BCUT2D eigenvalue weighted by Gasteiger charge is -2.34. The Morgan fingerprint density at radius 1 is 0.824 bits per heavy atom. The Morgan fingerprint density at radius 2 is 1.53 bits per heavy atom. The highest BCUT2D eigenvalue weighted by Gasteiger charge is 2.22. The molecule has 0 unspecified atom stereocenters. The quantitative estimate of drug-likeness (QED) is 0.405. The van der Waals surface area contributed by atoms with E-state index in [9.17, 15) is 4.79 Å². The van der Waals surface area contributed by atoms with Gasteiger partial charge in [-0.15, -0.1) is 0 Å². The van der Waals surface area contributed by atoms with Crippen LogP contribution in [0.2, 0.25) is 0 Å². The van der Waals surface area contributed by atoms with Crippen LogP contribution >= 0.6 is 0 Å². The van der Waals surface area contributed by atoms with Crippen LogP contribution in [-0.4, -0.2) is 57.9 Å². The largest absolute Gasteiger partial charge is 0.489 e. The van der Waals surface area contributed by atoms with Crippen LogP contribution in [0, 0.1) is 0 Å². The van der Waals surface area contributed by atoms with Crippen LogP contribution in [-0.2, 0) is 17.9 Å². The van der Waals surface area contributed by atoms with Crippen molar-refractivity contribution >= 4 is 11.6 Å². The van der Waals surface area contributed by atoms with Crippen LogP contribution in [0.5, 0.6) is 11.5 Å². The van der Waals surface area contributed by atoms with Crippen LogP contribution in [0.3, 0.4) is 0 Å². The molecule has 0 spiro atoms. The van der Waals surface area contributed by atoms with Crippen molar-refractivity contribution in [2.45, 2.75) is 13.2 Å². The van der Waals surface area contributed by atoms with Crippen molar-refractivity contribution in [3.63, 3.8) is 0 Å². The number of pyridine rings is 1. The molecule has 2 aromatic carbocycles. The zero-order chi connectivity index (χ0) is 23.2. The zero-order valence-electron chi connectivity index (χ0n) is 19.0. The minimum absolute atomic E-state index is 0.0109. The smallest absolute Gasteiger partial charge is 0.260 e. The zero-order valence-corrected chi connectivity index (χ0v) is 19.0. The standard InChI is InChI=1S/C27H28N4O3/c32-27(21-34-25-11-9-24(10-12-25)33-20-22-6-2-1-3-7-22)30-16-14-29(15-17-30)18-23-19-31-13-5-4-8-26(31)28-23/h1-13,19H,14-18,20-21H2. The number of amides is 1. The van der Waals surface area contributed by atoms with Crippen LogP contribution < -0.4 is 9.47 Å². The molecule has 3 heterocycles. The van der Waals surface area contributed by atoms with E-state index in [1.807, 2.05) is 88.3 Å². The van der Waals surface area contributed by atoms with Gasteiger partial charge in [-0.1, -0.05) is 36.4 Å². The van der Waals surface area contributed by atoms with E-state index in [4.69, 9.17) is 9.47 Å². The van der Waals surface area contributed by atoms with E-state index in [2.05, 4.69) is 16.1 Å². The molecule has 4 aromatic rings. The first-order valence-corrected chi connectivity index (χ1v) is 11.6. The minimum Gasteiger partial charge on any atom is -0.489 e. The Morgan fingerprint density at radius 3 is 2.26 bits per heavy atom. The molecule has 0 aliphatic carbocycles. The first kappa shape index (κ1) is 22.0. The predicted molar refractivity (Wildman–Crippen MR) is 130 cm³/mol. The fourth-order valence-electron chi connectivity index (χ4n) is 4.06. The fourth-order valence-corrected chi connectivity index (χ4v) is 4.06. The van der Waals surface area contributed by atoms with Gasteiger partial charge >= 0.3 is 0 Å². The fraction of sp³-hybridized carbons (Fsp3) is 0.259. The Balaban J connectivity index is 1.04. The predicted octanol–water partition coefficient (Wildman–Crippen LogP) is 3.64. The van der Waals surface area contributed by atoms with Crippen LogP contribution in [0.4, 0.5) is 0 Å². The van der Waals surface area contributed by atoms with E-state index in [0.29, 0.717) is 25.4 Å². The normalized spacial score (nSPS) is 14.3. The molecular weight excluding hydrogens is 428 g/mol. The summed E-state index contributed by atoms with van der Waals surface area (Å²) in [6, 6.07) is 23.4. The monoisotopic (exact) mass is 456 g/mol.